The van der Waals surface area contributed by atoms with Gasteiger partial charge in [-0.05, 0) is 19.2 Å². The van der Waals surface area contributed by atoms with E-state index in [-0.39, 0.29) is 0 Å². The lowest BCUT2D eigenvalue weighted by molar-refractivity contribution is 0.178. The zero-order valence-electron chi connectivity index (χ0n) is 13.2. The predicted octanol–water partition coefficient (Wildman–Crippen LogP) is 1.22. The monoisotopic (exact) mass is 303 g/mol. The van der Waals surface area contributed by atoms with Crippen molar-refractivity contribution in [3.63, 3.8) is 0 Å². The van der Waals surface area contributed by atoms with Crippen LogP contribution in [0.5, 0.6) is 11.5 Å². The third-order valence-corrected chi connectivity index (χ3v) is 3.92. The van der Waals surface area contributed by atoms with Crippen molar-refractivity contribution in [3.8, 4) is 11.5 Å². The summed E-state index contributed by atoms with van der Waals surface area (Å²) in [5.41, 5.74) is 4.14. The van der Waals surface area contributed by atoms with E-state index in [0.717, 1.165) is 42.9 Å². The van der Waals surface area contributed by atoms with Gasteiger partial charge in [-0.2, -0.15) is 0 Å². The van der Waals surface area contributed by atoms with Crippen LogP contribution >= 0.6 is 0 Å². The van der Waals surface area contributed by atoms with Gasteiger partial charge in [0.2, 0.25) is 0 Å². The molecule has 1 aromatic carbocycles. The summed E-state index contributed by atoms with van der Waals surface area (Å²) in [5, 5.41) is 3.09. The topological polar surface area (TPSA) is 62.8 Å². The van der Waals surface area contributed by atoms with E-state index in [4.69, 9.17) is 9.47 Å². The van der Waals surface area contributed by atoms with Crippen molar-refractivity contribution in [2.75, 3.05) is 52.9 Å². The van der Waals surface area contributed by atoms with Crippen LogP contribution in [0, 0.1) is 0 Å². The summed E-state index contributed by atoms with van der Waals surface area (Å²) in [5.74, 6) is 2.08. The highest BCUT2D eigenvalue weighted by molar-refractivity contribution is 5.94. The van der Waals surface area contributed by atoms with E-state index >= 15 is 0 Å². The summed E-state index contributed by atoms with van der Waals surface area (Å²) in [6, 6.07) is 3.83. The number of ether oxygens (including phenoxy) is 2. The molecule has 1 saturated heterocycles. The summed E-state index contributed by atoms with van der Waals surface area (Å²) in [4.78, 5) is 11.0. The molecule has 2 aromatic rings. The fourth-order valence-electron chi connectivity index (χ4n) is 2.60. The minimum absolute atomic E-state index is 0.629. The number of nitrogens with zero attached hydrogens (tertiary/aromatic N) is 4. The molecule has 0 aliphatic carbocycles. The Morgan fingerprint density at radius 1 is 1.05 bits per heavy atom. The van der Waals surface area contributed by atoms with Crippen molar-refractivity contribution in [3.05, 3.63) is 18.5 Å². The molecular formula is C15H21N5O2. The summed E-state index contributed by atoms with van der Waals surface area (Å²) >= 11 is 0. The van der Waals surface area contributed by atoms with Crippen molar-refractivity contribution in [2.45, 2.75) is 0 Å². The van der Waals surface area contributed by atoms with Gasteiger partial charge in [0.05, 0.1) is 14.2 Å². The van der Waals surface area contributed by atoms with Gasteiger partial charge in [0, 0.05) is 31.6 Å². The highest BCUT2D eigenvalue weighted by atomic mass is 16.5. The third-order valence-electron chi connectivity index (χ3n) is 3.92. The maximum atomic E-state index is 5.45. The second-order valence-electron chi connectivity index (χ2n) is 5.32. The lowest BCUT2D eigenvalue weighted by Crippen LogP contribution is -2.47. The van der Waals surface area contributed by atoms with E-state index in [1.807, 2.05) is 12.1 Å². The molecular weight excluding hydrogens is 282 g/mol. The second kappa shape index (κ2) is 6.33. The van der Waals surface area contributed by atoms with Crippen molar-refractivity contribution >= 4 is 16.7 Å². The third kappa shape index (κ3) is 2.77. The molecule has 0 atom stereocenters. The first-order valence-corrected chi connectivity index (χ1v) is 7.28. The molecule has 118 valence electrons. The Morgan fingerprint density at radius 3 is 2.50 bits per heavy atom. The quantitative estimate of drug-likeness (QED) is 0.911. The number of piperazine rings is 1. The van der Waals surface area contributed by atoms with Crippen LogP contribution in [0.2, 0.25) is 0 Å². The van der Waals surface area contributed by atoms with Gasteiger partial charge in [0.1, 0.15) is 11.8 Å². The Kier molecular flexibility index (Phi) is 4.26. The average Bonchev–Trinajstić information content (AvgIpc) is 2.56. The molecule has 2 heterocycles. The van der Waals surface area contributed by atoms with Gasteiger partial charge in [0.15, 0.2) is 17.3 Å². The highest BCUT2D eigenvalue weighted by Crippen LogP contribution is 2.35. The number of methoxy groups -OCH3 is 2. The van der Waals surface area contributed by atoms with E-state index in [2.05, 4.69) is 32.4 Å². The van der Waals surface area contributed by atoms with Gasteiger partial charge in [-0.1, -0.05) is 0 Å². The summed E-state index contributed by atoms with van der Waals surface area (Å²) < 4.78 is 10.8. The zero-order valence-corrected chi connectivity index (χ0v) is 13.2. The van der Waals surface area contributed by atoms with Gasteiger partial charge < -0.3 is 19.8 Å². The molecule has 7 heteroatoms. The number of hydrazine groups is 1. The first-order chi connectivity index (χ1) is 10.7. The number of anilines is 1. The largest absolute Gasteiger partial charge is 0.493 e. The van der Waals surface area contributed by atoms with E-state index in [1.54, 1.807) is 20.5 Å². The van der Waals surface area contributed by atoms with Crippen molar-refractivity contribution in [1.29, 1.82) is 0 Å². The SMILES string of the molecule is COc1ccc2c(NN3CCN(C)CC3)ncnc2c1OC. The molecule has 1 aromatic heterocycles. The molecule has 3 rings (SSSR count). The number of hydrogen-bond donors (Lipinski definition) is 1. The Hall–Kier alpha value is -2.12. The van der Waals surface area contributed by atoms with Crippen molar-refractivity contribution in [2.24, 2.45) is 0 Å². The first kappa shape index (κ1) is 14.8. The lowest BCUT2D eigenvalue weighted by atomic mass is 10.2. The van der Waals surface area contributed by atoms with Gasteiger partial charge in [-0.3, -0.25) is 0 Å². The molecule has 0 radical (unpaired) electrons. The zero-order chi connectivity index (χ0) is 15.5. The molecule has 0 spiro atoms. The minimum Gasteiger partial charge on any atom is -0.493 e. The second-order valence-corrected chi connectivity index (χ2v) is 5.32. The van der Waals surface area contributed by atoms with Crippen LogP contribution in [0.3, 0.4) is 0 Å². The minimum atomic E-state index is 0.629. The lowest BCUT2D eigenvalue weighted by Gasteiger charge is -2.32. The Labute approximate surface area is 129 Å². The standard InChI is InChI=1S/C15H21N5O2/c1-19-6-8-20(9-7-19)18-15-11-4-5-12(21-2)14(22-3)13(11)16-10-17-15/h4-5,10H,6-9H2,1-3H3,(H,16,17,18). The molecule has 0 bridgehead atoms. The number of benzene rings is 1. The number of aromatic nitrogens is 2. The summed E-state index contributed by atoms with van der Waals surface area (Å²) in [7, 11) is 5.37. The van der Waals surface area contributed by atoms with Gasteiger partial charge >= 0.3 is 0 Å². The first-order valence-electron chi connectivity index (χ1n) is 7.28. The highest BCUT2D eigenvalue weighted by Gasteiger charge is 2.17. The molecule has 0 saturated carbocycles. The van der Waals surface area contributed by atoms with Crippen LogP contribution in [0.4, 0.5) is 5.82 Å². The van der Waals surface area contributed by atoms with Crippen LogP contribution in [0.15, 0.2) is 18.5 Å². The molecule has 0 amide bonds. The van der Waals surface area contributed by atoms with E-state index in [9.17, 15) is 0 Å². The fourth-order valence-corrected chi connectivity index (χ4v) is 2.60. The Bertz CT molecular complexity index is 656. The molecule has 0 unspecified atom stereocenters. The van der Waals surface area contributed by atoms with Crippen LogP contribution < -0.4 is 14.9 Å². The normalized spacial score (nSPS) is 16.7. The smallest absolute Gasteiger partial charge is 0.187 e. The Balaban J connectivity index is 1.93. The molecule has 7 nitrogen and oxygen atoms in total. The van der Waals surface area contributed by atoms with E-state index in [0.29, 0.717) is 11.5 Å². The average molecular weight is 303 g/mol. The Morgan fingerprint density at radius 2 is 1.82 bits per heavy atom. The van der Waals surface area contributed by atoms with Crippen LogP contribution in [0.1, 0.15) is 0 Å². The van der Waals surface area contributed by atoms with Gasteiger partial charge in [-0.15, -0.1) is 0 Å². The number of fused-ring (bicyclic) bond motifs is 1. The van der Waals surface area contributed by atoms with Gasteiger partial charge in [0.25, 0.3) is 0 Å². The van der Waals surface area contributed by atoms with Crippen molar-refractivity contribution < 1.29 is 9.47 Å². The maximum Gasteiger partial charge on any atom is 0.187 e. The fraction of sp³-hybridized carbons (Fsp3) is 0.467. The van der Waals surface area contributed by atoms with E-state index in [1.165, 1.54) is 0 Å². The van der Waals surface area contributed by atoms with Crippen LogP contribution in [-0.4, -0.2) is 67.3 Å². The van der Waals surface area contributed by atoms with Crippen LogP contribution in [0.25, 0.3) is 10.9 Å². The molecule has 1 aliphatic rings. The van der Waals surface area contributed by atoms with Gasteiger partial charge in [-0.25, -0.2) is 15.0 Å². The van der Waals surface area contributed by atoms with E-state index < -0.39 is 0 Å². The van der Waals surface area contributed by atoms with Crippen LogP contribution in [-0.2, 0) is 0 Å². The number of hydrogen-bond acceptors (Lipinski definition) is 7. The number of likely N-dealkylation sites (N-methyl/N-ethyl adjacent to an activating group) is 1. The number of rotatable bonds is 4. The summed E-state index contributed by atoms with van der Waals surface area (Å²) in [6.07, 6.45) is 1.54. The maximum absolute atomic E-state index is 5.45. The predicted molar refractivity (Wildman–Crippen MR) is 85.3 cm³/mol. The molecule has 22 heavy (non-hydrogen) atoms. The van der Waals surface area contributed by atoms with Crippen molar-refractivity contribution in [1.82, 2.24) is 19.9 Å². The molecule has 1 N–H and O–H groups in total. The summed E-state index contributed by atoms with van der Waals surface area (Å²) in [6.45, 7) is 3.98. The number of nitrogens with one attached hydrogen (secondary N) is 1. The molecule has 1 aliphatic heterocycles. The molecule has 1 fully saturated rings.